The van der Waals surface area contributed by atoms with Crippen molar-refractivity contribution in [2.45, 2.75) is 6.92 Å². The van der Waals surface area contributed by atoms with Gasteiger partial charge in [-0.05, 0) is 37.3 Å². The summed E-state index contributed by atoms with van der Waals surface area (Å²) in [5.41, 5.74) is 0. The van der Waals surface area contributed by atoms with E-state index >= 15 is 0 Å². The van der Waals surface area contributed by atoms with Crippen LogP contribution < -0.4 is 4.74 Å². The Morgan fingerprint density at radius 3 is 2.69 bits per heavy atom. The highest BCUT2D eigenvalue weighted by Crippen LogP contribution is 2.10. The average Bonchev–Trinajstić information content (AvgIpc) is 2.27. The fourth-order valence-corrected chi connectivity index (χ4v) is 1.01. The number of benzene rings is 1. The molecular formula is C12H13FO3. The molecule has 1 rings (SSSR count). The van der Waals surface area contributed by atoms with Crippen LogP contribution in [0.1, 0.15) is 6.92 Å². The van der Waals surface area contributed by atoms with E-state index in [9.17, 15) is 9.18 Å². The zero-order valence-electron chi connectivity index (χ0n) is 8.98. The molecule has 0 N–H and O–H groups in total. The first-order chi connectivity index (χ1) is 7.72. The van der Waals surface area contributed by atoms with Gasteiger partial charge in [0.2, 0.25) is 0 Å². The first-order valence-corrected chi connectivity index (χ1v) is 4.94. The van der Waals surface area contributed by atoms with Gasteiger partial charge in [-0.25, -0.2) is 9.18 Å². The van der Waals surface area contributed by atoms with Gasteiger partial charge in [-0.3, -0.25) is 0 Å². The Hall–Kier alpha value is -1.84. The van der Waals surface area contributed by atoms with Crippen molar-refractivity contribution in [2.75, 3.05) is 13.2 Å². The second-order valence-electron chi connectivity index (χ2n) is 2.92. The third-order valence-corrected chi connectivity index (χ3v) is 1.70. The van der Waals surface area contributed by atoms with Crippen LogP contribution >= 0.6 is 0 Å². The summed E-state index contributed by atoms with van der Waals surface area (Å²) >= 11 is 0. The van der Waals surface area contributed by atoms with Crippen molar-refractivity contribution in [2.24, 2.45) is 0 Å². The quantitative estimate of drug-likeness (QED) is 0.568. The highest BCUT2D eigenvalue weighted by atomic mass is 19.1. The summed E-state index contributed by atoms with van der Waals surface area (Å²) < 4.78 is 22.4. The van der Waals surface area contributed by atoms with E-state index in [0.29, 0.717) is 12.4 Å². The van der Waals surface area contributed by atoms with Crippen molar-refractivity contribution >= 4 is 5.97 Å². The third-order valence-electron chi connectivity index (χ3n) is 1.70. The fourth-order valence-electron chi connectivity index (χ4n) is 1.01. The van der Waals surface area contributed by atoms with Gasteiger partial charge >= 0.3 is 5.97 Å². The van der Waals surface area contributed by atoms with E-state index in [2.05, 4.69) is 4.74 Å². The zero-order chi connectivity index (χ0) is 11.8. The van der Waals surface area contributed by atoms with Crippen LogP contribution in [0.5, 0.6) is 5.75 Å². The van der Waals surface area contributed by atoms with Crippen LogP contribution in [-0.2, 0) is 9.53 Å². The number of hydrogen-bond donors (Lipinski definition) is 0. The maximum absolute atomic E-state index is 12.5. The van der Waals surface area contributed by atoms with Gasteiger partial charge in [0.05, 0.1) is 6.61 Å². The number of hydrogen-bond acceptors (Lipinski definition) is 3. The Morgan fingerprint density at radius 1 is 1.38 bits per heavy atom. The van der Waals surface area contributed by atoms with Crippen molar-refractivity contribution in [1.29, 1.82) is 0 Å². The summed E-state index contributed by atoms with van der Waals surface area (Å²) in [6, 6.07) is 5.66. The molecule has 0 aliphatic rings. The number of carbonyl (C=O) groups excluding carboxylic acids is 1. The van der Waals surface area contributed by atoms with E-state index in [4.69, 9.17) is 4.74 Å². The normalized spacial score (nSPS) is 10.4. The number of esters is 1. The monoisotopic (exact) mass is 224 g/mol. The Bertz CT molecular complexity index is 357. The molecule has 0 saturated carbocycles. The van der Waals surface area contributed by atoms with Gasteiger partial charge in [0.1, 0.15) is 18.2 Å². The molecule has 0 unspecified atom stereocenters. The van der Waals surface area contributed by atoms with Crippen LogP contribution in [0.3, 0.4) is 0 Å². The molecule has 1 aromatic carbocycles. The van der Waals surface area contributed by atoms with E-state index in [1.165, 1.54) is 30.3 Å². The van der Waals surface area contributed by atoms with Crippen molar-refractivity contribution in [3.63, 3.8) is 0 Å². The molecule has 0 bridgehead atoms. The molecule has 16 heavy (non-hydrogen) atoms. The molecule has 0 radical (unpaired) electrons. The predicted molar refractivity (Wildman–Crippen MR) is 57.7 cm³/mol. The van der Waals surface area contributed by atoms with E-state index in [-0.39, 0.29) is 12.4 Å². The van der Waals surface area contributed by atoms with Crippen molar-refractivity contribution < 1.29 is 18.7 Å². The summed E-state index contributed by atoms with van der Waals surface area (Å²) in [4.78, 5) is 10.9. The molecular weight excluding hydrogens is 211 g/mol. The molecule has 0 fully saturated rings. The zero-order valence-corrected chi connectivity index (χ0v) is 8.98. The molecule has 0 saturated heterocycles. The first-order valence-electron chi connectivity index (χ1n) is 4.94. The topological polar surface area (TPSA) is 35.5 Å². The summed E-state index contributed by atoms with van der Waals surface area (Å²) in [6.07, 6.45) is 2.84. The number of carbonyl (C=O) groups is 1. The lowest BCUT2D eigenvalue weighted by Crippen LogP contribution is -2.00. The smallest absolute Gasteiger partial charge is 0.330 e. The SMILES string of the molecule is CCOC(=O)/C=C/COc1ccc(F)cc1. The van der Waals surface area contributed by atoms with Crippen molar-refractivity contribution in [3.8, 4) is 5.75 Å². The minimum Gasteiger partial charge on any atom is -0.490 e. The molecule has 0 aliphatic carbocycles. The predicted octanol–water partition coefficient (Wildman–Crippen LogP) is 2.32. The van der Waals surface area contributed by atoms with Crippen LogP contribution in [0.25, 0.3) is 0 Å². The molecule has 0 aromatic heterocycles. The molecule has 0 heterocycles. The lowest BCUT2D eigenvalue weighted by atomic mass is 10.3. The fraction of sp³-hybridized carbons (Fsp3) is 0.250. The van der Waals surface area contributed by atoms with Gasteiger partial charge < -0.3 is 9.47 Å². The second-order valence-corrected chi connectivity index (χ2v) is 2.92. The van der Waals surface area contributed by atoms with Gasteiger partial charge in [-0.15, -0.1) is 0 Å². The van der Waals surface area contributed by atoms with E-state index in [0.717, 1.165) is 0 Å². The van der Waals surface area contributed by atoms with E-state index in [1.807, 2.05) is 0 Å². The summed E-state index contributed by atoms with van der Waals surface area (Å²) in [5, 5.41) is 0. The summed E-state index contributed by atoms with van der Waals surface area (Å²) in [5.74, 6) is -0.158. The van der Waals surface area contributed by atoms with Gasteiger partial charge in [-0.1, -0.05) is 0 Å². The standard InChI is InChI=1S/C12H13FO3/c1-2-15-12(14)4-3-9-16-11-7-5-10(13)6-8-11/h3-8H,2,9H2,1H3/b4-3+. The first kappa shape index (κ1) is 12.2. The third kappa shape index (κ3) is 4.59. The maximum atomic E-state index is 12.5. The van der Waals surface area contributed by atoms with Crippen LogP contribution in [0.4, 0.5) is 4.39 Å². The highest BCUT2D eigenvalue weighted by molar-refractivity contribution is 5.81. The Morgan fingerprint density at radius 2 is 2.06 bits per heavy atom. The van der Waals surface area contributed by atoms with E-state index in [1.54, 1.807) is 13.0 Å². The van der Waals surface area contributed by atoms with Gasteiger partial charge in [0, 0.05) is 6.08 Å². The highest BCUT2D eigenvalue weighted by Gasteiger charge is 1.94. The molecule has 0 spiro atoms. The molecule has 1 aromatic rings. The summed E-state index contributed by atoms with van der Waals surface area (Å²) in [6.45, 7) is 2.33. The summed E-state index contributed by atoms with van der Waals surface area (Å²) in [7, 11) is 0. The molecule has 0 atom stereocenters. The van der Waals surface area contributed by atoms with Gasteiger partial charge in [-0.2, -0.15) is 0 Å². The second kappa shape index (κ2) is 6.61. The Labute approximate surface area is 93.5 Å². The van der Waals surface area contributed by atoms with Crippen molar-refractivity contribution in [1.82, 2.24) is 0 Å². The van der Waals surface area contributed by atoms with Crippen LogP contribution in [0.2, 0.25) is 0 Å². The lowest BCUT2D eigenvalue weighted by molar-refractivity contribution is -0.137. The van der Waals surface area contributed by atoms with Gasteiger partial charge in [0.15, 0.2) is 0 Å². The molecule has 86 valence electrons. The number of halogens is 1. The Kier molecular flexibility index (Phi) is 5.05. The molecule has 0 amide bonds. The van der Waals surface area contributed by atoms with Gasteiger partial charge in [0.25, 0.3) is 0 Å². The van der Waals surface area contributed by atoms with Crippen LogP contribution in [0.15, 0.2) is 36.4 Å². The minimum atomic E-state index is -0.398. The number of rotatable bonds is 5. The van der Waals surface area contributed by atoms with Crippen LogP contribution in [0, 0.1) is 5.82 Å². The number of ether oxygens (including phenoxy) is 2. The average molecular weight is 224 g/mol. The minimum absolute atomic E-state index is 0.241. The van der Waals surface area contributed by atoms with Crippen molar-refractivity contribution in [3.05, 3.63) is 42.2 Å². The lowest BCUT2D eigenvalue weighted by Gasteiger charge is -2.01. The molecule has 4 heteroatoms. The maximum Gasteiger partial charge on any atom is 0.330 e. The largest absolute Gasteiger partial charge is 0.490 e. The Balaban J connectivity index is 2.30. The molecule has 0 aliphatic heterocycles. The van der Waals surface area contributed by atoms with Crippen LogP contribution in [-0.4, -0.2) is 19.2 Å². The molecule has 3 nitrogen and oxygen atoms in total. The van der Waals surface area contributed by atoms with E-state index < -0.39 is 5.97 Å².